The highest BCUT2D eigenvalue weighted by Crippen LogP contribution is 2.29. The molecule has 1 aromatic carbocycles. The monoisotopic (exact) mass is 325 g/mol. The van der Waals surface area contributed by atoms with Crippen molar-refractivity contribution in [2.75, 3.05) is 13.2 Å². The van der Waals surface area contributed by atoms with Gasteiger partial charge in [0.25, 0.3) is 0 Å². The van der Waals surface area contributed by atoms with Gasteiger partial charge in [0.05, 0.1) is 0 Å². The summed E-state index contributed by atoms with van der Waals surface area (Å²) in [5.41, 5.74) is 0. The number of benzene rings is 1. The van der Waals surface area contributed by atoms with Crippen molar-refractivity contribution in [2.45, 2.75) is 39.2 Å². The molecule has 1 fully saturated rings. The first-order valence-corrected chi connectivity index (χ1v) is 8.06. The number of nitrogens with one attached hydrogen (secondary N) is 1. The van der Waals surface area contributed by atoms with Crippen molar-refractivity contribution >= 4 is 15.9 Å². The lowest BCUT2D eigenvalue weighted by molar-refractivity contribution is 0.216. The van der Waals surface area contributed by atoms with Crippen LogP contribution in [0.2, 0.25) is 0 Å². The fourth-order valence-electron chi connectivity index (χ4n) is 2.70. The molecular formula is C16H24BrNO. The van der Waals surface area contributed by atoms with E-state index in [1.54, 1.807) is 0 Å². The van der Waals surface area contributed by atoms with Crippen molar-refractivity contribution in [3.63, 3.8) is 0 Å². The van der Waals surface area contributed by atoms with Gasteiger partial charge in [-0.05, 0) is 55.4 Å². The van der Waals surface area contributed by atoms with Crippen LogP contribution in [0.3, 0.4) is 0 Å². The maximum Gasteiger partial charge on any atom is 0.119 e. The Morgan fingerprint density at radius 3 is 2.58 bits per heavy atom. The number of hydrogen-bond acceptors (Lipinski definition) is 2. The first kappa shape index (κ1) is 14.9. The van der Waals surface area contributed by atoms with Crippen molar-refractivity contribution in [3.05, 3.63) is 28.7 Å². The molecule has 1 aliphatic rings. The topological polar surface area (TPSA) is 21.3 Å². The van der Waals surface area contributed by atoms with Crippen LogP contribution in [0.1, 0.15) is 33.1 Å². The highest BCUT2D eigenvalue weighted by molar-refractivity contribution is 9.10. The van der Waals surface area contributed by atoms with Gasteiger partial charge in [-0.2, -0.15) is 0 Å². The van der Waals surface area contributed by atoms with Gasteiger partial charge < -0.3 is 10.1 Å². The molecule has 3 unspecified atom stereocenters. The lowest BCUT2D eigenvalue weighted by atomic mass is 9.79. The summed E-state index contributed by atoms with van der Waals surface area (Å²) in [6.07, 6.45) is 3.97. The van der Waals surface area contributed by atoms with Gasteiger partial charge in [0.1, 0.15) is 12.4 Å². The predicted octanol–water partition coefficient (Wildman–Crippen LogP) is 4.24. The third-order valence-corrected chi connectivity index (χ3v) is 4.74. The number of hydrogen-bond donors (Lipinski definition) is 1. The van der Waals surface area contributed by atoms with Crippen LogP contribution in [0, 0.1) is 11.8 Å². The lowest BCUT2D eigenvalue weighted by Crippen LogP contribution is -2.38. The second-order valence-corrected chi connectivity index (χ2v) is 6.64. The fourth-order valence-corrected chi connectivity index (χ4v) is 2.96. The summed E-state index contributed by atoms with van der Waals surface area (Å²) < 4.78 is 6.80. The summed E-state index contributed by atoms with van der Waals surface area (Å²) in [4.78, 5) is 0. The highest BCUT2D eigenvalue weighted by Gasteiger charge is 2.23. The number of halogens is 1. The van der Waals surface area contributed by atoms with E-state index in [4.69, 9.17) is 4.74 Å². The van der Waals surface area contributed by atoms with Crippen LogP contribution < -0.4 is 10.1 Å². The zero-order valence-electron chi connectivity index (χ0n) is 11.9. The van der Waals surface area contributed by atoms with Crippen LogP contribution in [-0.4, -0.2) is 19.2 Å². The Labute approximate surface area is 125 Å². The fraction of sp³-hybridized carbons (Fsp3) is 0.625. The van der Waals surface area contributed by atoms with Crippen molar-refractivity contribution < 1.29 is 4.74 Å². The third-order valence-electron chi connectivity index (χ3n) is 4.22. The molecule has 1 aromatic rings. The van der Waals surface area contributed by atoms with Crippen molar-refractivity contribution in [3.8, 4) is 5.75 Å². The average molecular weight is 326 g/mol. The minimum Gasteiger partial charge on any atom is -0.492 e. The molecule has 0 spiro atoms. The first-order valence-electron chi connectivity index (χ1n) is 7.27. The van der Waals surface area contributed by atoms with Crippen LogP contribution in [0.4, 0.5) is 0 Å². The van der Waals surface area contributed by atoms with Gasteiger partial charge in [-0.3, -0.25) is 0 Å². The quantitative estimate of drug-likeness (QED) is 0.817. The van der Waals surface area contributed by atoms with E-state index in [0.717, 1.165) is 35.2 Å². The summed E-state index contributed by atoms with van der Waals surface area (Å²) in [5, 5.41) is 3.62. The summed E-state index contributed by atoms with van der Waals surface area (Å²) in [5.74, 6) is 2.67. The van der Waals surface area contributed by atoms with E-state index >= 15 is 0 Å². The summed E-state index contributed by atoms with van der Waals surface area (Å²) in [6, 6.07) is 8.68. The Hall–Kier alpha value is -0.540. The van der Waals surface area contributed by atoms with Crippen LogP contribution in [0.25, 0.3) is 0 Å². The van der Waals surface area contributed by atoms with Gasteiger partial charge in [0, 0.05) is 17.1 Å². The first-order chi connectivity index (χ1) is 9.15. The maximum atomic E-state index is 5.72. The van der Waals surface area contributed by atoms with E-state index in [-0.39, 0.29) is 0 Å². The summed E-state index contributed by atoms with van der Waals surface area (Å²) in [7, 11) is 0. The number of rotatable bonds is 5. The predicted molar refractivity (Wildman–Crippen MR) is 83.6 cm³/mol. The molecular weight excluding hydrogens is 302 g/mol. The van der Waals surface area contributed by atoms with Crippen LogP contribution in [0.5, 0.6) is 5.75 Å². The van der Waals surface area contributed by atoms with Gasteiger partial charge in [-0.1, -0.05) is 29.8 Å². The molecule has 3 heteroatoms. The second kappa shape index (κ2) is 7.30. The standard InChI is InChI=1S/C16H24BrNO/c1-12-3-6-15(11-13(12)2)18-9-10-19-16-7-4-14(17)5-8-16/h4-5,7-8,12-13,15,18H,3,6,9-11H2,1-2H3. The Morgan fingerprint density at radius 1 is 1.16 bits per heavy atom. The molecule has 0 saturated heterocycles. The molecule has 0 radical (unpaired) electrons. The highest BCUT2D eigenvalue weighted by atomic mass is 79.9. The third kappa shape index (κ3) is 4.81. The molecule has 1 aliphatic carbocycles. The van der Waals surface area contributed by atoms with Gasteiger partial charge in [-0.15, -0.1) is 0 Å². The largest absolute Gasteiger partial charge is 0.492 e. The zero-order valence-corrected chi connectivity index (χ0v) is 13.4. The molecule has 0 heterocycles. The smallest absolute Gasteiger partial charge is 0.119 e. The summed E-state index contributed by atoms with van der Waals surface area (Å²) in [6.45, 7) is 6.41. The van der Waals surface area contributed by atoms with E-state index in [2.05, 4.69) is 35.1 Å². The van der Waals surface area contributed by atoms with Crippen LogP contribution >= 0.6 is 15.9 Å². The van der Waals surface area contributed by atoms with Crippen molar-refractivity contribution in [1.29, 1.82) is 0 Å². The van der Waals surface area contributed by atoms with Crippen molar-refractivity contribution in [1.82, 2.24) is 5.32 Å². The minimum absolute atomic E-state index is 0.680. The lowest BCUT2D eigenvalue weighted by Gasteiger charge is -2.32. The molecule has 0 bridgehead atoms. The van der Waals surface area contributed by atoms with E-state index in [1.807, 2.05) is 24.3 Å². The average Bonchev–Trinajstić information content (AvgIpc) is 2.41. The van der Waals surface area contributed by atoms with Gasteiger partial charge in [0.2, 0.25) is 0 Å². The Balaban J connectivity index is 1.63. The Kier molecular flexibility index (Phi) is 5.71. The van der Waals surface area contributed by atoms with Crippen LogP contribution in [-0.2, 0) is 0 Å². The molecule has 106 valence electrons. The molecule has 1 N–H and O–H groups in total. The maximum absolute atomic E-state index is 5.72. The molecule has 0 aliphatic heterocycles. The van der Waals surface area contributed by atoms with Crippen LogP contribution in [0.15, 0.2) is 28.7 Å². The molecule has 0 amide bonds. The Morgan fingerprint density at radius 2 is 1.89 bits per heavy atom. The molecule has 1 saturated carbocycles. The molecule has 2 nitrogen and oxygen atoms in total. The van der Waals surface area contributed by atoms with Gasteiger partial charge in [0.15, 0.2) is 0 Å². The van der Waals surface area contributed by atoms with E-state index in [1.165, 1.54) is 19.3 Å². The SMILES string of the molecule is CC1CCC(NCCOc2ccc(Br)cc2)CC1C. The van der Waals surface area contributed by atoms with E-state index < -0.39 is 0 Å². The molecule has 3 atom stereocenters. The van der Waals surface area contributed by atoms with E-state index in [0.29, 0.717) is 6.04 Å². The molecule has 0 aromatic heterocycles. The second-order valence-electron chi connectivity index (χ2n) is 5.72. The Bertz CT molecular complexity index is 379. The minimum atomic E-state index is 0.680. The molecule has 2 rings (SSSR count). The van der Waals surface area contributed by atoms with Gasteiger partial charge >= 0.3 is 0 Å². The number of ether oxygens (including phenoxy) is 1. The van der Waals surface area contributed by atoms with Gasteiger partial charge in [-0.25, -0.2) is 0 Å². The van der Waals surface area contributed by atoms with E-state index in [9.17, 15) is 0 Å². The zero-order chi connectivity index (χ0) is 13.7. The normalized spacial score (nSPS) is 27.2. The summed E-state index contributed by atoms with van der Waals surface area (Å²) >= 11 is 3.42. The molecule has 19 heavy (non-hydrogen) atoms. The van der Waals surface area contributed by atoms with Crippen molar-refractivity contribution in [2.24, 2.45) is 11.8 Å².